The molecule has 10 heteroatoms. The highest BCUT2D eigenvalue weighted by Crippen LogP contribution is 2.34. The number of hydrogen-bond donors (Lipinski definition) is 0. The number of non-ortho nitro benzene ring substituents is 1. The second-order valence-corrected chi connectivity index (χ2v) is 6.80. The third-order valence-electron chi connectivity index (χ3n) is 3.90. The number of halogens is 3. The Morgan fingerprint density at radius 1 is 1.04 bits per heavy atom. The van der Waals surface area contributed by atoms with Gasteiger partial charge in [0, 0.05) is 12.1 Å². The highest BCUT2D eigenvalue weighted by atomic mass is 32.2. The Kier molecular flexibility index (Phi) is 5.23. The number of carbonyl (C=O) groups is 2. The lowest BCUT2D eigenvalue weighted by molar-refractivity contribution is -0.384. The molecule has 28 heavy (non-hydrogen) atoms. The summed E-state index contributed by atoms with van der Waals surface area (Å²) in [4.78, 5) is 35.7. The Morgan fingerprint density at radius 2 is 1.64 bits per heavy atom. The van der Waals surface area contributed by atoms with E-state index in [4.69, 9.17) is 0 Å². The Balaban J connectivity index is 1.75. The predicted molar refractivity (Wildman–Crippen MR) is 96.1 cm³/mol. The van der Waals surface area contributed by atoms with Gasteiger partial charge in [-0.25, -0.2) is 0 Å². The Morgan fingerprint density at radius 3 is 2.18 bits per heavy atom. The predicted octanol–water partition coefficient (Wildman–Crippen LogP) is 4.85. The van der Waals surface area contributed by atoms with Gasteiger partial charge in [-0.1, -0.05) is 24.3 Å². The van der Waals surface area contributed by atoms with Crippen LogP contribution in [0.3, 0.4) is 0 Å². The molecule has 0 aromatic heterocycles. The molecular weight excluding hydrogens is 397 g/mol. The molecule has 0 N–H and O–H groups in total. The van der Waals surface area contributed by atoms with Gasteiger partial charge in [-0.15, -0.1) is 0 Å². The van der Waals surface area contributed by atoms with E-state index in [1.54, 1.807) is 0 Å². The lowest BCUT2D eigenvalue weighted by Gasteiger charge is -2.12. The van der Waals surface area contributed by atoms with Crippen LogP contribution in [0.5, 0.6) is 0 Å². The van der Waals surface area contributed by atoms with E-state index in [1.165, 1.54) is 42.5 Å². The van der Waals surface area contributed by atoms with Crippen molar-refractivity contribution in [1.82, 2.24) is 4.90 Å². The fourth-order valence-corrected chi connectivity index (χ4v) is 3.30. The minimum atomic E-state index is -4.46. The summed E-state index contributed by atoms with van der Waals surface area (Å²) in [6.45, 7) is -0.0625. The van der Waals surface area contributed by atoms with Gasteiger partial charge in [0.25, 0.3) is 16.8 Å². The molecule has 144 valence electrons. The third-order valence-corrected chi connectivity index (χ3v) is 4.80. The highest BCUT2D eigenvalue weighted by Gasteiger charge is 2.35. The van der Waals surface area contributed by atoms with E-state index in [-0.39, 0.29) is 17.1 Å². The van der Waals surface area contributed by atoms with Crippen LogP contribution in [0.1, 0.15) is 16.7 Å². The highest BCUT2D eigenvalue weighted by molar-refractivity contribution is 8.18. The number of rotatable bonds is 4. The number of hydrogen-bond acceptors (Lipinski definition) is 5. The van der Waals surface area contributed by atoms with Crippen LogP contribution in [0.15, 0.2) is 53.4 Å². The van der Waals surface area contributed by atoms with Gasteiger partial charge in [0.05, 0.1) is 21.9 Å². The minimum absolute atomic E-state index is 0.0625. The number of alkyl halides is 3. The topological polar surface area (TPSA) is 80.5 Å². The van der Waals surface area contributed by atoms with Crippen molar-refractivity contribution in [3.63, 3.8) is 0 Å². The van der Waals surface area contributed by atoms with E-state index in [2.05, 4.69) is 0 Å². The zero-order chi connectivity index (χ0) is 20.5. The summed E-state index contributed by atoms with van der Waals surface area (Å²) in [7, 11) is 0. The largest absolute Gasteiger partial charge is 0.416 e. The van der Waals surface area contributed by atoms with Crippen LogP contribution in [0.4, 0.5) is 23.7 Å². The number of carbonyl (C=O) groups excluding carboxylic acids is 2. The smallest absolute Gasteiger partial charge is 0.268 e. The maximum absolute atomic E-state index is 12.6. The number of nitro groups is 1. The van der Waals surface area contributed by atoms with Crippen LogP contribution >= 0.6 is 11.8 Å². The van der Waals surface area contributed by atoms with Crippen molar-refractivity contribution >= 4 is 34.7 Å². The molecule has 2 aromatic rings. The van der Waals surface area contributed by atoms with E-state index in [1.807, 2.05) is 0 Å². The number of thioether (sulfide) groups is 1. The number of imide groups is 1. The lowest BCUT2D eigenvalue weighted by Crippen LogP contribution is -2.27. The Bertz CT molecular complexity index is 970. The molecule has 0 aliphatic carbocycles. The second kappa shape index (κ2) is 7.47. The molecule has 1 aliphatic heterocycles. The maximum atomic E-state index is 12.6. The van der Waals surface area contributed by atoms with Crippen LogP contribution < -0.4 is 0 Å². The summed E-state index contributed by atoms with van der Waals surface area (Å²) in [5.41, 5.74) is -0.0338. The second-order valence-electron chi connectivity index (χ2n) is 5.81. The molecule has 0 bridgehead atoms. The standard InChI is InChI=1S/C18H11F3N2O4S/c19-18(20,21)13-5-1-11(2-6-13)9-15-16(24)22(17(25)28-15)10-12-3-7-14(8-4-12)23(26)27/h1-9H,10H2/b15-9+. The lowest BCUT2D eigenvalue weighted by atomic mass is 10.1. The minimum Gasteiger partial charge on any atom is -0.268 e. The van der Waals surface area contributed by atoms with Crippen LogP contribution in [-0.2, 0) is 17.5 Å². The van der Waals surface area contributed by atoms with Crippen LogP contribution in [0.2, 0.25) is 0 Å². The first-order valence-electron chi connectivity index (χ1n) is 7.81. The zero-order valence-electron chi connectivity index (χ0n) is 14.0. The first kappa shape index (κ1) is 19.6. The summed E-state index contributed by atoms with van der Waals surface area (Å²) in [5.74, 6) is -0.576. The molecule has 0 spiro atoms. The number of amides is 2. The maximum Gasteiger partial charge on any atom is 0.416 e. The first-order valence-corrected chi connectivity index (χ1v) is 8.63. The molecule has 2 amide bonds. The molecule has 1 saturated heterocycles. The molecule has 1 heterocycles. The fraction of sp³-hybridized carbons (Fsp3) is 0.111. The normalized spacial score (nSPS) is 16.1. The summed E-state index contributed by atoms with van der Waals surface area (Å²) < 4.78 is 37.8. The monoisotopic (exact) mass is 408 g/mol. The molecule has 6 nitrogen and oxygen atoms in total. The van der Waals surface area contributed by atoms with E-state index < -0.39 is 27.8 Å². The van der Waals surface area contributed by atoms with Crippen molar-refractivity contribution < 1.29 is 27.7 Å². The van der Waals surface area contributed by atoms with E-state index in [0.29, 0.717) is 22.9 Å². The third kappa shape index (κ3) is 4.22. The van der Waals surface area contributed by atoms with Gasteiger partial charge in [-0.3, -0.25) is 24.6 Å². The van der Waals surface area contributed by atoms with E-state index in [0.717, 1.165) is 17.0 Å². The van der Waals surface area contributed by atoms with Crippen molar-refractivity contribution in [3.05, 3.63) is 80.2 Å². The summed E-state index contributed by atoms with van der Waals surface area (Å²) in [6, 6.07) is 9.65. The molecule has 0 unspecified atom stereocenters. The SMILES string of the molecule is O=C1S/C(=C/c2ccc(C(F)(F)F)cc2)C(=O)N1Cc1ccc([N+](=O)[O-])cc1. The molecule has 0 radical (unpaired) electrons. The van der Waals surface area contributed by atoms with Gasteiger partial charge < -0.3 is 0 Å². The van der Waals surface area contributed by atoms with Gasteiger partial charge in [-0.2, -0.15) is 13.2 Å². The number of nitrogens with zero attached hydrogens (tertiary/aromatic N) is 2. The summed E-state index contributed by atoms with van der Waals surface area (Å²) in [6.07, 6.45) is -3.11. The van der Waals surface area contributed by atoms with Crippen LogP contribution in [0.25, 0.3) is 6.08 Å². The van der Waals surface area contributed by atoms with Crippen molar-refractivity contribution in [2.75, 3.05) is 0 Å². The molecule has 0 saturated carbocycles. The van der Waals surface area contributed by atoms with Crippen molar-refractivity contribution in [2.45, 2.75) is 12.7 Å². The average molecular weight is 408 g/mol. The van der Waals surface area contributed by atoms with E-state index in [9.17, 15) is 32.9 Å². The number of benzene rings is 2. The van der Waals surface area contributed by atoms with Crippen LogP contribution in [-0.4, -0.2) is 21.0 Å². The van der Waals surface area contributed by atoms with Gasteiger partial charge in [0.2, 0.25) is 0 Å². The molecule has 3 rings (SSSR count). The zero-order valence-corrected chi connectivity index (χ0v) is 14.8. The van der Waals surface area contributed by atoms with Gasteiger partial charge >= 0.3 is 6.18 Å². The van der Waals surface area contributed by atoms with E-state index >= 15 is 0 Å². The fourth-order valence-electron chi connectivity index (χ4n) is 2.46. The molecular formula is C18H11F3N2O4S. The van der Waals surface area contributed by atoms with Gasteiger partial charge in [-0.05, 0) is 41.1 Å². The van der Waals surface area contributed by atoms with Crippen LogP contribution in [0, 0.1) is 10.1 Å². The van der Waals surface area contributed by atoms with Gasteiger partial charge in [0.1, 0.15) is 0 Å². The number of nitro benzene ring substituents is 1. The molecule has 1 aliphatic rings. The molecule has 1 fully saturated rings. The average Bonchev–Trinajstić information content (AvgIpc) is 2.89. The van der Waals surface area contributed by atoms with Crippen molar-refractivity contribution in [2.24, 2.45) is 0 Å². The molecule has 0 atom stereocenters. The summed E-state index contributed by atoms with van der Waals surface area (Å²) in [5, 5.41) is 10.1. The first-order chi connectivity index (χ1) is 13.1. The van der Waals surface area contributed by atoms with Crippen molar-refractivity contribution in [3.8, 4) is 0 Å². The Hall–Kier alpha value is -3.14. The van der Waals surface area contributed by atoms with Crippen molar-refractivity contribution in [1.29, 1.82) is 0 Å². The van der Waals surface area contributed by atoms with Gasteiger partial charge in [0.15, 0.2) is 0 Å². The Labute approximate surface area is 160 Å². The molecule has 2 aromatic carbocycles. The summed E-state index contributed by atoms with van der Waals surface area (Å²) >= 11 is 0.682. The quantitative estimate of drug-likeness (QED) is 0.410.